The average Bonchev–Trinajstić information content (AvgIpc) is 2.64. The van der Waals surface area contributed by atoms with Crippen LogP contribution in [0.4, 0.5) is 5.69 Å². The van der Waals surface area contributed by atoms with Crippen molar-refractivity contribution in [1.82, 2.24) is 4.90 Å². The van der Waals surface area contributed by atoms with Gasteiger partial charge < -0.3 is 9.64 Å². The quantitative estimate of drug-likeness (QED) is 0.705. The second-order valence-corrected chi connectivity index (χ2v) is 7.78. The van der Waals surface area contributed by atoms with Crippen molar-refractivity contribution in [1.29, 1.82) is 0 Å². The van der Waals surface area contributed by atoms with Crippen molar-refractivity contribution in [2.24, 2.45) is 0 Å². The SMILES string of the molecule is CCN(Cc1ccc(OC)cc1)C(=O)/C=C/c1ccc(NS(C)(=O)=O)cc1. The van der Waals surface area contributed by atoms with E-state index >= 15 is 0 Å². The molecule has 7 heteroatoms. The van der Waals surface area contributed by atoms with Crippen LogP contribution in [0.3, 0.4) is 0 Å². The smallest absolute Gasteiger partial charge is 0.246 e. The molecule has 2 aromatic rings. The summed E-state index contributed by atoms with van der Waals surface area (Å²) in [5, 5.41) is 0. The van der Waals surface area contributed by atoms with Crippen molar-refractivity contribution in [2.75, 3.05) is 24.6 Å². The minimum Gasteiger partial charge on any atom is -0.497 e. The van der Waals surface area contributed by atoms with Gasteiger partial charge in [-0.2, -0.15) is 0 Å². The zero-order valence-corrected chi connectivity index (χ0v) is 16.5. The Hall–Kier alpha value is -2.80. The highest BCUT2D eigenvalue weighted by atomic mass is 32.2. The number of nitrogens with one attached hydrogen (secondary N) is 1. The number of carbonyl (C=O) groups excluding carboxylic acids is 1. The maximum Gasteiger partial charge on any atom is 0.246 e. The molecule has 0 fully saturated rings. The highest BCUT2D eigenvalue weighted by Crippen LogP contribution is 2.14. The third kappa shape index (κ3) is 6.79. The molecule has 0 spiro atoms. The molecule has 0 aliphatic carbocycles. The zero-order chi connectivity index (χ0) is 19.9. The Kier molecular flexibility index (Phi) is 7.01. The van der Waals surface area contributed by atoms with Gasteiger partial charge in [-0.15, -0.1) is 0 Å². The number of hydrogen-bond acceptors (Lipinski definition) is 4. The van der Waals surface area contributed by atoms with E-state index in [1.165, 1.54) is 6.08 Å². The number of amides is 1. The van der Waals surface area contributed by atoms with E-state index < -0.39 is 10.0 Å². The summed E-state index contributed by atoms with van der Waals surface area (Å²) in [7, 11) is -1.68. The standard InChI is InChI=1S/C20H24N2O4S/c1-4-22(15-17-7-12-19(26-2)13-8-17)20(23)14-9-16-5-10-18(11-6-16)21-27(3,24)25/h5-14,21H,4,15H2,1-3H3/b14-9+. The van der Waals surface area contributed by atoms with Crippen LogP contribution >= 0.6 is 0 Å². The number of likely N-dealkylation sites (N-methyl/N-ethyl adjacent to an activating group) is 1. The van der Waals surface area contributed by atoms with Crippen LogP contribution < -0.4 is 9.46 Å². The molecule has 0 atom stereocenters. The lowest BCUT2D eigenvalue weighted by atomic mass is 10.2. The Bertz CT molecular complexity index is 889. The number of ether oxygens (including phenoxy) is 1. The first kappa shape index (κ1) is 20.5. The fraction of sp³-hybridized carbons (Fsp3) is 0.250. The van der Waals surface area contributed by atoms with Crippen LogP contribution in [0.1, 0.15) is 18.1 Å². The van der Waals surface area contributed by atoms with Gasteiger partial charge in [0.25, 0.3) is 0 Å². The second kappa shape index (κ2) is 9.23. The molecule has 0 unspecified atom stereocenters. The number of benzene rings is 2. The largest absolute Gasteiger partial charge is 0.497 e. The van der Waals surface area contributed by atoms with Crippen LogP contribution in [0.5, 0.6) is 5.75 Å². The number of methoxy groups -OCH3 is 1. The lowest BCUT2D eigenvalue weighted by Crippen LogP contribution is -2.28. The number of sulfonamides is 1. The Morgan fingerprint density at radius 3 is 2.26 bits per heavy atom. The summed E-state index contributed by atoms with van der Waals surface area (Å²) in [5.74, 6) is 0.688. The van der Waals surface area contributed by atoms with E-state index in [9.17, 15) is 13.2 Å². The van der Waals surface area contributed by atoms with E-state index in [-0.39, 0.29) is 5.91 Å². The summed E-state index contributed by atoms with van der Waals surface area (Å²) >= 11 is 0. The van der Waals surface area contributed by atoms with Crippen LogP contribution in [-0.2, 0) is 21.4 Å². The van der Waals surface area contributed by atoms with Crippen LogP contribution in [0.15, 0.2) is 54.6 Å². The van der Waals surface area contributed by atoms with Gasteiger partial charge >= 0.3 is 0 Å². The van der Waals surface area contributed by atoms with Crippen LogP contribution in [0.25, 0.3) is 6.08 Å². The minimum atomic E-state index is -3.30. The summed E-state index contributed by atoms with van der Waals surface area (Å²) < 4.78 is 30.0. The monoisotopic (exact) mass is 388 g/mol. The summed E-state index contributed by atoms with van der Waals surface area (Å²) in [6.07, 6.45) is 4.33. The highest BCUT2D eigenvalue weighted by Gasteiger charge is 2.09. The van der Waals surface area contributed by atoms with E-state index in [4.69, 9.17) is 4.74 Å². The van der Waals surface area contributed by atoms with Gasteiger partial charge in [-0.3, -0.25) is 9.52 Å². The van der Waals surface area contributed by atoms with E-state index in [2.05, 4.69) is 4.72 Å². The molecular weight excluding hydrogens is 364 g/mol. The Morgan fingerprint density at radius 1 is 1.11 bits per heavy atom. The highest BCUT2D eigenvalue weighted by molar-refractivity contribution is 7.92. The predicted octanol–water partition coefficient (Wildman–Crippen LogP) is 3.13. The molecule has 144 valence electrons. The third-order valence-electron chi connectivity index (χ3n) is 3.86. The molecule has 2 aromatic carbocycles. The van der Waals surface area contributed by atoms with Gasteiger partial charge in [-0.1, -0.05) is 24.3 Å². The summed E-state index contributed by atoms with van der Waals surface area (Å²) in [4.78, 5) is 14.2. The first-order chi connectivity index (χ1) is 12.8. The first-order valence-electron chi connectivity index (χ1n) is 8.48. The van der Waals surface area contributed by atoms with Gasteiger partial charge in [0.05, 0.1) is 13.4 Å². The molecule has 0 saturated heterocycles. The van der Waals surface area contributed by atoms with Crippen LogP contribution in [0.2, 0.25) is 0 Å². The average molecular weight is 388 g/mol. The van der Waals surface area contributed by atoms with Gasteiger partial charge in [0.2, 0.25) is 15.9 Å². The summed E-state index contributed by atoms with van der Waals surface area (Å²) in [6, 6.07) is 14.4. The molecule has 1 amide bonds. The lowest BCUT2D eigenvalue weighted by Gasteiger charge is -2.19. The molecule has 1 N–H and O–H groups in total. The van der Waals surface area contributed by atoms with Gasteiger partial charge in [0, 0.05) is 24.9 Å². The number of hydrogen-bond donors (Lipinski definition) is 1. The molecule has 27 heavy (non-hydrogen) atoms. The Balaban J connectivity index is 2.00. The molecule has 0 aliphatic rings. The van der Waals surface area contributed by atoms with Gasteiger partial charge in [0.15, 0.2) is 0 Å². The zero-order valence-electron chi connectivity index (χ0n) is 15.7. The molecule has 0 heterocycles. The molecule has 0 aliphatic heterocycles. The van der Waals surface area contributed by atoms with Crippen molar-refractivity contribution >= 4 is 27.7 Å². The van der Waals surface area contributed by atoms with Crippen molar-refractivity contribution in [3.8, 4) is 5.75 Å². The van der Waals surface area contributed by atoms with Crippen molar-refractivity contribution in [3.05, 3.63) is 65.7 Å². The third-order valence-corrected chi connectivity index (χ3v) is 4.46. The van der Waals surface area contributed by atoms with Crippen molar-refractivity contribution in [2.45, 2.75) is 13.5 Å². The van der Waals surface area contributed by atoms with Crippen molar-refractivity contribution in [3.63, 3.8) is 0 Å². The molecule has 0 radical (unpaired) electrons. The van der Waals surface area contributed by atoms with Crippen LogP contribution in [0, 0.1) is 0 Å². The van der Waals surface area contributed by atoms with Gasteiger partial charge in [0.1, 0.15) is 5.75 Å². The maximum absolute atomic E-state index is 12.5. The normalized spacial score (nSPS) is 11.4. The van der Waals surface area contributed by atoms with E-state index in [1.54, 1.807) is 42.4 Å². The fourth-order valence-corrected chi connectivity index (χ4v) is 3.01. The first-order valence-corrected chi connectivity index (χ1v) is 10.4. The number of anilines is 1. The fourth-order valence-electron chi connectivity index (χ4n) is 2.45. The predicted molar refractivity (Wildman–Crippen MR) is 108 cm³/mol. The number of rotatable bonds is 8. The number of nitrogens with zero attached hydrogens (tertiary/aromatic N) is 1. The Labute approximate surface area is 160 Å². The molecule has 0 saturated carbocycles. The summed E-state index contributed by atoms with van der Waals surface area (Å²) in [6.45, 7) is 3.04. The molecule has 0 bridgehead atoms. The van der Waals surface area contributed by atoms with Crippen molar-refractivity contribution < 1.29 is 17.9 Å². The lowest BCUT2D eigenvalue weighted by molar-refractivity contribution is -0.126. The van der Waals surface area contributed by atoms with E-state index in [0.717, 1.165) is 23.1 Å². The van der Waals surface area contributed by atoms with E-state index in [0.29, 0.717) is 18.8 Å². The van der Waals surface area contributed by atoms with Gasteiger partial charge in [-0.05, 0) is 48.4 Å². The van der Waals surface area contributed by atoms with Crippen LogP contribution in [-0.4, -0.2) is 39.1 Å². The second-order valence-electron chi connectivity index (χ2n) is 6.03. The van der Waals surface area contributed by atoms with Gasteiger partial charge in [-0.25, -0.2) is 8.42 Å². The molecular formula is C20H24N2O4S. The van der Waals surface area contributed by atoms with E-state index in [1.807, 2.05) is 31.2 Å². The molecule has 2 rings (SSSR count). The topological polar surface area (TPSA) is 75.7 Å². The summed E-state index contributed by atoms with van der Waals surface area (Å²) in [5.41, 5.74) is 2.31. The maximum atomic E-state index is 12.5. The molecule has 6 nitrogen and oxygen atoms in total. The Morgan fingerprint density at radius 2 is 1.74 bits per heavy atom. The molecule has 0 aromatic heterocycles. The number of carbonyl (C=O) groups is 1. The minimum absolute atomic E-state index is 0.0911.